The average molecular weight is 242 g/mol. The maximum Gasteiger partial charge on any atom is 0.124 e. The van der Waals surface area contributed by atoms with Crippen molar-refractivity contribution in [3.05, 3.63) is 28.8 Å². The number of halogens is 1. The SMILES string of the molecule is NCCNCCN=Cc1cc(Cl)ccc1O. The predicted octanol–water partition coefficient (Wildman–Crippen LogP) is 1.01. The summed E-state index contributed by atoms with van der Waals surface area (Å²) in [5.41, 5.74) is 5.95. The van der Waals surface area contributed by atoms with Gasteiger partial charge in [-0.3, -0.25) is 4.99 Å². The predicted molar refractivity (Wildman–Crippen MR) is 67.5 cm³/mol. The van der Waals surface area contributed by atoms with Gasteiger partial charge >= 0.3 is 0 Å². The molecule has 4 N–H and O–H groups in total. The molecule has 0 heterocycles. The molecule has 0 spiro atoms. The Labute approximate surface area is 100 Å². The van der Waals surface area contributed by atoms with Crippen LogP contribution < -0.4 is 11.1 Å². The van der Waals surface area contributed by atoms with Gasteiger partial charge in [0.2, 0.25) is 0 Å². The summed E-state index contributed by atoms with van der Waals surface area (Å²) < 4.78 is 0. The molecule has 0 unspecified atom stereocenters. The second-order valence-electron chi connectivity index (χ2n) is 3.28. The van der Waals surface area contributed by atoms with Gasteiger partial charge in [-0.25, -0.2) is 0 Å². The lowest BCUT2D eigenvalue weighted by molar-refractivity contribution is 0.474. The van der Waals surface area contributed by atoms with Crippen LogP contribution in [0, 0.1) is 0 Å². The standard InChI is InChI=1S/C11H16ClN3O/c12-10-1-2-11(16)9(7-10)8-15-6-5-14-4-3-13/h1-2,7-8,14,16H,3-6,13H2. The highest BCUT2D eigenvalue weighted by molar-refractivity contribution is 6.30. The summed E-state index contributed by atoms with van der Waals surface area (Å²) in [4.78, 5) is 4.17. The Morgan fingerprint density at radius 2 is 2.25 bits per heavy atom. The van der Waals surface area contributed by atoms with Gasteiger partial charge in [0.1, 0.15) is 5.75 Å². The molecular formula is C11H16ClN3O. The van der Waals surface area contributed by atoms with Gasteiger partial charge < -0.3 is 16.2 Å². The Morgan fingerprint density at radius 3 is 3.00 bits per heavy atom. The van der Waals surface area contributed by atoms with Gasteiger partial charge in [-0.1, -0.05) is 11.6 Å². The summed E-state index contributed by atoms with van der Waals surface area (Å²) in [6, 6.07) is 4.86. The first-order valence-corrected chi connectivity index (χ1v) is 5.51. The lowest BCUT2D eigenvalue weighted by Gasteiger charge is -2.00. The highest BCUT2D eigenvalue weighted by Gasteiger charge is 1.97. The summed E-state index contributed by atoms with van der Waals surface area (Å²) >= 11 is 5.80. The molecule has 0 bridgehead atoms. The lowest BCUT2D eigenvalue weighted by Crippen LogP contribution is -2.24. The number of rotatable bonds is 6. The van der Waals surface area contributed by atoms with E-state index in [-0.39, 0.29) is 5.75 Å². The summed E-state index contributed by atoms with van der Waals surface area (Å²) in [5, 5.41) is 13.2. The van der Waals surface area contributed by atoms with Gasteiger partial charge in [-0.15, -0.1) is 0 Å². The Bertz CT molecular complexity index is 355. The first kappa shape index (κ1) is 13.0. The molecule has 5 heteroatoms. The molecule has 16 heavy (non-hydrogen) atoms. The molecule has 0 aliphatic carbocycles. The maximum absolute atomic E-state index is 9.49. The van der Waals surface area contributed by atoms with Crippen molar-refractivity contribution < 1.29 is 5.11 Å². The van der Waals surface area contributed by atoms with E-state index >= 15 is 0 Å². The molecular weight excluding hydrogens is 226 g/mol. The number of phenols is 1. The van der Waals surface area contributed by atoms with Crippen molar-refractivity contribution in [2.24, 2.45) is 10.7 Å². The third-order valence-electron chi connectivity index (χ3n) is 1.96. The van der Waals surface area contributed by atoms with Crippen LogP contribution in [0.5, 0.6) is 5.75 Å². The van der Waals surface area contributed by atoms with Gasteiger partial charge in [0.05, 0.1) is 6.54 Å². The molecule has 0 aliphatic rings. The van der Waals surface area contributed by atoms with Crippen molar-refractivity contribution >= 4 is 17.8 Å². The van der Waals surface area contributed by atoms with Crippen LogP contribution in [0.3, 0.4) is 0 Å². The number of nitrogens with zero attached hydrogens (tertiary/aromatic N) is 1. The van der Waals surface area contributed by atoms with E-state index in [1.54, 1.807) is 24.4 Å². The van der Waals surface area contributed by atoms with Crippen molar-refractivity contribution in [3.8, 4) is 5.75 Å². The minimum atomic E-state index is 0.183. The first-order valence-electron chi connectivity index (χ1n) is 5.13. The minimum absolute atomic E-state index is 0.183. The highest BCUT2D eigenvalue weighted by Crippen LogP contribution is 2.19. The quantitative estimate of drug-likeness (QED) is 0.514. The van der Waals surface area contributed by atoms with Gasteiger partial charge in [0, 0.05) is 36.4 Å². The molecule has 0 atom stereocenters. The fourth-order valence-electron chi connectivity index (χ4n) is 1.16. The molecule has 1 rings (SSSR count). The molecule has 0 saturated heterocycles. The van der Waals surface area contributed by atoms with Crippen molar-refractivity contribution in [1.82, 2.24) is 5.32 Å². The van der Waals surface area contributed by atoms with E-state index in [9.17, 15) is 5.11 Å². The van der Waals surface area contributed by atoms with Crippen molar-refractivity contribution in [3.63, 3.8) is 0 Å². The Morgan fingerprint density at radius 1 is 1.44 bits per heavy atom. The first-order chi connectivity index (χ1) is 7.74. The minimum Gasteiger partial charge on any atom is -0.507 e. The Kier molecular flexibility index (Phi) is 5.85. The number of hydrogen-bond acceptors (Lipinski definition) is 4. The number of aromatic hydroxyl groups is 1. The molecule has 88 valence electrons. The van der Waals surface area contributed by atoms with Gasteiger partial charge in [0.15, 0.2) is 0 Å². The third-order valence-corrected chi connectivity index (χ3v) is 2.19. The maximum atomic E-state index is 9.49. The fourth-order valence-corrected chi connectivity index (χ4v) is 1.34. The van der Waals surface area contributed by atoms with Gasteiger partial charge in [-0.2, -0.15) is 0 Å². The van der Waals surface area contributed by atoms with E-state index in [1.165, 1.54) is 0 Å². The average Bonchev–Trinajstić information content (AvgIpc) is 2.28. The van der Waals surface area contributed by atoms with Gasteiger partial charge in [0.25, 0.3) is 0 Å². The van der Waals surface area contributed by atoms with Crippen molar-refractivity contribution in [2.75, 3.05) is 26.2 Å². The van der Waals surface area contributed by atoms with E-state index in [0.717, 1.165) is 13.1 Å². The lowest BCUT2D eigenvalue weighted by atomic mass is 10.2. The molecule has 0 radical (unpaired) electrons. The summed E-state index contributed by atoms with van der Waals surface area (Å²) in [6.45, 7) is 2.83. The second kappa shape index (κ2) is 7.22. The zero-order chi connectivity index (χ0) is 11.8. The van der Waals surface area contributed by atoms with Crippen LogP contribution in [0.2, 0.25) is 5.02 Å². The third kappa shape index (κ3) is 4.61. The topological polar surface area (TPSA) is 70.6 Å². The van der Waals surface area contributed by atoms with Crippen molar-refractivity contribution in [1.29, 1.82) is 0 Å². The second-order valence-corrected chi connectivity index (χ2v) is 3.71. The van der Waals surface area contributed by atoms with Crippen LogP contribution in [0.25, 0.3) is 0 Å². The number of nitrogens with one attached hydrogen (secondary N) is 1. The van der Waals surface area contributed by atoms with Crippen LogP contribution in [0.15, 0.2) is 23.2 Å². The van der Waals surface area contributed by atoms with Crippen LogP contribution in [-0.4, -0.2) is 37.5 Å². The van der Waals surface area contributed by atoms with E-state index < -0.39 is 0 Å². The van der Waals surface area contributed by atoms with E-state index in [2.05, 4.69) is 10.3 Å². The van der Waals surface area contributed by atoms with E-state index in [0.29, 0.717) is 23.7 Å². The van der Waals surface area contributed by atoms with Crippen LogP contribution >= 0.6 is 11.6 Å². The largest absolute Gasteiger partial charge is 0.507 e. The number of benzene rings is 1. The van der Waals surface area contributed by atoms with Crippen LogP contribution in [0.1, 0.15) is 5.56 Å². The van der Waals surface area contributed by atoms with E-state index in [1.807, 2.05) is 0 Å². The normalized spacial score (nSPS) is 11.1. The Balaban J connectivity index is 2.40. The monoisotopic (exact) mass is 241 g/mol. The number of phenolic OH excluding ortho intramolecular Hbond substituents is 1. The molecule has 0 aromatic heterocycles. The van der Waals surface area contributed by atoms with Crippen LogP contribution in [0.4, 0.5) is 0 Å². The summed E-state index contributed by atoms with van der Waals surface area (Å²) in [7, 11) is 0. The highest BCUT2D eigenvalue weighted by atomic mass is 35.5. The number of aliphatic imine (C=N–C) groups is 1. The zero-order valence-electron chi connectivity index (χ0n) is 8.99. The van der Waals surface area contributed by atoms with Crippen molar-refractivity contribution in [2.45, 2.75) is 0 Å². The molecule has 0 saturated carbocycles. The smallest absolute Gasteiger partial charge is 0.124 e. The summed E-state index contributed by atoms with van der Waals surface area (Å²) in [6.07, 6.45) is 1.62. The number of nitrogens with two attached hydrogens (primary N) is 1. The molecule has 0 aliphatic heterocycles. The molecule has 0 fully saturated rings. The van der Waals surface area contributed by atoms with Crippen LogP contribution in [-0.2, 0) is 0 Å². The van der Waals surface area contributed by atoms with Gasteiger partial charge in [-0.05, 0) is 18.2 Å². The fraction of sp³-hybridized carbons (Fsp3) is 0.364. The molecule has 1 aromatic rings. The molecule has 0 amide bonds. The molecule has 4 nitrogen and oxygen atoms in total. The van der Waals surface area contributed by atoms with E-state index in [4.69, 9.17) is 17.3 Å². The Hall–Kier alpha value is -1.10. The number of hydrogen-bond donors (Lipinski definition) is 3. The zero-order valence-corrected chi connectivity index (χ0v) is 9.74. The summed E-state index contributed by atoms with van der Waals surface area (Å²) in [5.74, 6) is 0.183. The molecule has 1 aromatic carbocycles.